The molecule has 1 N–H and O–H groups in total. The average Bonchev–Trinajstić information content (AvgIpc) is 3.09. The van der Waals surface area contributed by atoms with Crippen LogP contribution in [0.25, 0.3) is 0 Å². The third kappa shape index (κ3) is 8.93. The van der Waals surface area contributed by atoms with E-state index in [0.29, 0.717) is 5.69 Å². The van der Waals surface area contributed by atoms with Crippen molar-refractivity contribution in [3.05, 3.63) is 46.1 Å². The monoisotopic (exact) mass is 606 g/mol. The second-order valence-electron chi connectivity index (χ2n) is 11.5. The molecule has 8 nitrogen and oxygen atoms in total. The Hall–Kier alpha value is -1.63. The number of halogens is 2. The van der Waals surface area contributed by atoms with Crippen LogP contribution in [0.5, 0.6) is 0 Å². The molecule has 3 fully saturated rings. The Morgan fingerprint density at radius 1 is 0.821 bits per heavy atom. The molecule has 0 atom stereocenters. The first-order valence-electron chi connectivity index (χ1n) is 13.7. The van der Waals surface area contributed by atoms with Gasteiger partial charge in [0, 0.05) is 68.0 Å². The van der Waals surface area contributed by atoms with Gasteiger partial charge in [0.1, 0.15) is 5.82 Å². The quantitative estimate of drug-likeness (QED) is 0.413. The number of likely N-dealkylation sites (N-methyl/N-ethyl adjacent to an activating group) is 2. The molecule has 216 valence electrons. The van der Waals surface area contributed by atoms with Crippen molar-refractivity contribution >= 4 is 34.3 Å². The number of rotatable bonds is 2. The van der Waals surface area contributed by atoms with E-state index in [1.54, 1.807) is 13.0 Å². The largest absolute Gasteiger partial charge is 0.496 e. The van der Waals surface area contributed by atoms with Gasteiger partial charge in [-0.15, -0.1) is 0 Å². The molecule has 2 aromatic heterocycles. The minimum Gasteiger partial charge on any atom is -0.399 e. The number of piperazine rings is 2. The van der Waals surface area contributed by atoms with E-state index in [-0.39, 0.29) is 18.3 Å². The maximum Gasteiger partial charge on any atom is 0.496 e. The highest BCUT2D eigenvalue weighted by molar-refractivity contribution is 9.10. The second kappa shape index (κ2) is 13.8. The molecule has 0 aromatic carbocycles. The number of pyridine rings is 2. The SMILES string of the molecule is CN1CCNCC1.Cc1nc(F)ccc1Br.Cc1nc(N2CCN(C)CC2)ccc1B1OC(C)(C)C(C)(C)O1. The summed E-state index contributed by atoms with van der Waals surface area (Å²) in [5.41, 5.74) is 2.05. The number of aryl methyl sites for hydroxylation is 2. The van der Waals surface area contributed by atoms with Crippen molar-refractivity contribution in [3.63, 3.8) is 0 Å². The van der Waals surface area contributed by atoms with Crippen LogP contribution in [-0.4, -0.2) is 105 Å². The standard InChI is InChI=1S/C17H28BN3O2.C6H5BrFN.C5H12N2/c1-13-14(18-22-16(2,3)17(4,5)23-18)7-8-15(19-13)21-11-9-20(6)10-12-21;1-4-5(7)2-3-6(8)9-4;1-7-4-2-6-3-5-7/h7-8H,9-12H2,1-6H3;2-3H,1H3;6H,2-5H2,1H3. The van der Waals surface area contributed by atoms with Gasteiger partial charge in [0.25, 0.3) is 0 Å². The molecule has 5 heterocycles. The van der Waals surface area contributed by atoms with E-state index >= 15 is 0 Å². The third-order valence-electron chi connectivity index (χ3n) is 7.77. The molecule has 3 aliphatic rings. The van der Waals surface area contributed by atoms with Crippen molar-refractivity contribution in [2.45, 2.75) is 52.7 Å². The van der Waals surface area contributed by atoms with Crippen LogP contribution in [0.15, 0.2) is 28.7 Å². The lowest BCUT2D eigenvalue weighted by Gasteiger charge is -2.33. The van der Waals surface area contributed by atoms with Gasteiger partial charge in [-0.05, 0) is 89.8 Å². The predicted octanol–water partition coefficient (Wildman–Crippen LogP) is 3.25. The van der Waals surface area contributed by atoms with Crippen molar-refractivity contribution in [3.8, 4) is 0 Å². The van der Waals surface area contributed by atoms with E-state index in [4.69, 9.17) is 14.3 Å². The molecular formula is C28H45BBrFN6O2. The Bertz CT molecular complexity index is 1060. The van der Waals surface area contributed by atoms with Crippen LogP contribution in [0.4, 0.5) is 10.2 Å². The van der Waals surface area contributed by atoms with Gasteiger partial charge >= 0.3 is 7.12 Å². The first kappa shape index (κ1) is 31.9. The average molecular weight is 607 g/mol. The minimum atomic E-state index is -0.435. The number of nitrogens with zero attached hydrogens (tertiary/aromatic N) is 5. The van der Waals surface area contributed by atoms with Crippen LogP contribution < -0.4 is 15.7 Å². The molecule has 11 heteroatoms. The van der Waals surface area contributed by atoms with E-state index in [1.807, 2.05) is 6.92 Å². The second-order valence-corrected chi connectivity index (χ2v) is 12.3. The van der Waals surface area contributed by atoms with Crippen molar-refractivity contribution in [1.29, 1.82) is 0 Å². The molecule has 0 aliphatic carbocycles. The Balaban J connectivity index is 0.000000213. The number of aromatic nitrogens is 2. The molecule has 0 spiro atoms. The molecule has 0 bridgehead atoms. The zero-order chi connectivity index (χ0) is 28.8. The summed E-state index contributed by atoms with van der Waals surface area (Å²) in [7, 11) is 3.98. The van der Waals surface area contributed by atoms with Crippen LogP contribution in [-0.2, 0) is 9.31 Å². The molecule has 0 unspecified atom stereocenters. The van der Waals surface area contributed by atoms with Gasteiger partial charge in [-0.3, -0.25) is 0 Å². The first-order chi connectivity index (χ1) is 18.3. The molecule has 0 amide bonds. The van der Waals surface area contributed by atoms with E-state index in [0.717, 1.165) is 60.7 Å². The Labute approximate surface area is 242 Å². The summed E-state index contributed by atoms with van der Waals surface area (Å²) in [6, 6.07) is 7.16. The van der Waals surface area contributed by atoms with Crippen molar-refractivity contribution < 1.29 is 13.7 Å². The summed E-state index contributed by atoms with van der Waals surface area (Å²) in [5, 5.41) is 3.27. The van der Waals surface area contributed by atoms with Crippen LogP contribution in [0.2, 0.25) is 0 Å². The maximum absolute atomic E-state index is 12.2. The fraction of sp³-hybridized carbons (Fsp3) is 0.643. The van der Waals surface area contributed by atoms with Crippen LogP contribution >= 0.6 is 15.9 Å². The first-order valence-corrected chi connectivity index (χ1v) is 14.5. The minimum absolute atomic E-state index is 0.319. The third-order valence-corrected chi connectivity index (χ3v) is 8.61. The lowest BCUT2D eigenvalue weighted by Crippen LogP contribution is -2.45. The molecular weight excluding hydrogens is 562 g/mol. The summed E-state index contributed by atoms with van der Waals surface area (Å²) in [6.07, 6.45) is 0. The summed E-state index contributed by atoms with van der Waals surface area (Å²) in [5.74, 6) is 0.617. The van der Waals surface area contributed by atoms with Gasteiger partial charge < -0.3 is 29.3 Å². The van der Waals surface area contributed by atoms with Crippen molar-refractivity contribution in [2.75, 3.05) is 71.4 Å². The van der Waals surface area contributed by atoms with Gasteiger partial charge in [0.05, 0.1) is 16.9 Å². The number of anilines is 1. The molecule has 5 rings (SSSR count). The van der Waals surface area contributed by atoms with Crippen LogP contribution in [0.1, 0.15) is 39.1 Å². The smallest absolute Gasteiger partial charge is 0.399 e. The van der Waals surface area contributed by atoms with E-state index in [1.165, 1.54) is 19.2 Å². The highest BCUT2D eigenvalue weighted by Crippen LogP contribution is 2.36. The normalized spacial score (nSPS) is 21.1. The predicted molar refractivity (Wildman–Crippen MR) is 161 cm³/mol. The van der Waals surface area contributed by atoms with Gasteiger partial charge in [-0.2, -0.15) is 4.39 Å². The molecule has 3 saturated heterocycles. The Kier molecular flexibility index (Phi) is 11.3. The number of nitrogens with one attached hydrogen (secondary N) is 1. The molecule has 0 saturated carbocycles. The zero-order valence-corrected chi connectivity index (χ0v) is 26.4. The number of hydrogen-bond donors (Lipinski definition) is 1. The highest BCUT2D eigenvalue weighted by atomic mass is 79.9. The van der Waals surface area contributed by atoms with Crippen molar-refractivity contribution in [2.24, 2.45) is 0 Å². The molecule has 39 heavy (non-hydrogen) atoms. The van der Waals surface area contributed by atoms with Gasteiger partial charge in [0.15, 0.2) is 0 Å². The fourth-order valence-corrected chi connectivity index (χ4v) is 4.50. The van der Waals surface area contributed by atoms with Crippen molar-refractivity contribution in [1.82, 2.24) is 25.1 Å². The fourth-order valence-electron chi connectivity index (χ4n) is 4.28. The maximum atomic E-state index is 12.2. The van der Waals surface area contributed by atoms with Gasteiger partial charge in [-0.1, -0.05) is 6.07 Å². The summed E-state index contributed by atoms with van der Waals surface area (Å²) in [6.45, 7) is 21.1. The van der Waals surface area contributed by atoms with Gasteiger partial charge in [0.2, 0.25) is 5.95 Å². The van der Waals surface area contributed by atoms with Gasteiger partial charge in [-0.25, -0.2) is 9.97 Å². The van der Waals surface area contributed by atoms with Crippen LogP contribution in [0.3, 0.4) is 0 Å². The lowest BCUT2D eigenvalue weighted by atomic mass is 9.78. The lowest BCUT2D eigenvalue weighted by molar-refractivity contribution is 0.00578. The molecule has 2 aromatic rings. The van der Waals surface area contributed by atoms with E-state index in [2.05, 4.69) is 94.9 Å². The Morgan fingerprint density at radius 2 is 1.38 bits per heavy atom. The molecule has 0 radical (unpaired) electrons. The summed E-state index contributed by atoms with van der Waals surface area (Å²) >= 11 is 3.20. The topological polar surface area (TPSA) is 66.0 Å². The zero-order valence-electron chi connectivity index (χ0n) is 24.9. The number of hydrogen-bond acceptors (Lipinski definition) is 8. The molecule has 3 aliphatic heterocycles. The Morgan fingerprint density at radius 3 is 1.85 bits per heavy atom. The van der Waals surface area contributed by atoms with E-state index < -0.39 is 5.95 Å². The summed E-state index contributed by atoms with van der Waals surface area (Å²) < 4.78 is 25.3. The van der Waals surface area contributed by atoms with E-state index in [9.17, 15) is 4.39 Å². The highest BCUT2D eigenvalue weighted by Gasteiger charge is 2.52. The summed E-state index contributed by atoms with van der Waals surface area (Å²) in [4.78, 5) is 15.4. The van der Waals surface area contributed by atoms with Crippen LogP contribution in [0, 0.1) is 19.8 Å².